The largest absolute Gasteiger partial charge is 0.342 e. The standard InChI is InChI=1S/C14H21N3O2S/c1-5-10(13-15-6-7-20-13)17-9(4)12(18)16-11(8(2)3)14(17)19/h6-11H,5H2,1-4H3,(H,16,18). The molecule has 1 aliphatic heterocycles. The number of carbonyl (C=O) groups is 2. The summed E-state index contributed by atoms with van der Waals surface area (Å²) in [5, 5.41) is 5.62. The van der Waals surface area contributed by atoms with Crippen molar-refractivity contribution in [3.8, 4) is 0 Å². The fraction of sp³-hybridized carbons (Fsp3) is 0.643. The molecule has 5 nitrogen and oxygen atoms in total. The number of hydrogen-bond acceptors (Lipinski definition) is 4. The second-order valence-corrected chi connectivity index (χ2v) is 6.37. The average molecular weight is 295 g/mol. The van der Waals surface area contributed by atoms with Gasteiger partial charge in [0.15, 0.2) is 0 Å². The minimum atomic E-state index is -0.452. The summed E-state index contributed by atoms with van der Waals surface area (Å²) in [4.78, 5) is 30.9. The number of amides is 2. The van der Waals surface area contributed by atoms with E-state index < -0.39 is 12.1 Å². The van der Waals surface area contributed by atoms with Gasteiger partial charge in [-0.05, 0) is 19.3 Å². The number of nitrogens with zero attached hydrogens (tertiary/aromatic N) is 2. The molecule has 1 aromatic heterocycles. The van der Waals surface area contributed by atoms with Crippen LogP contribution in [0, 0.1) is 5.92 Å². The van der Waals surface area contributed by atoms with E-state index in [0.717, 1.165) is 11.4 Å². The maximum Gasteiger partial charge on any atom is 0.246 e. The molecule has 0 aromatic carbocycles. The first kappa shape index (κ1) is 15.0. The SMILES string of the molecule is CCC(c1nccs1)N1C(=O)C(C(C)C)NC(=O)C1C. The molecule has 3 unspecified atom stereocenters. The van der Waals surface area contributed by atoms with Gasteiger partial charge in [0.05, 0.1) is 6.04 Å². The van der Waals surface area contributed by atoms with Crippen molar-refractivity contribution in [1.82, 2.24) is 15.2 Å². The van der Waals surface area contributed by atoms with Gasteiger partial charge in [-0.2, -0.15) is 0 Å². The van der Waals surface area contributed by atoms with Crippen molar-refractivity contribution in [1.29, 1.82) is 0 Å². The van der Waals surface area contributed by atoms with Gasteiger partial charge in [0.2, 0.25) is 11.8 Å². The van der Waals surface area contributed by atoms with Crippen molar-refractivity contribution in [2.75, 3.05) is 0 Å². The minimum Gasteiger partial charge on any atom is -0.342 e. The van der Waals surface area contributed by atoms with Crippen LogP contribution in [-0.2, 0) is 9.59 Å². The van der Waals surface area contributed by atoms with E-state index in [9.17, 15) is 9.59 Å². The maximum atomic E-state index is 12.7. The van der Waals surface area contributed by atoms with E-state index in [2.05, 4.69) is 10.3 Å². The predicted octanol–water partition coefficient (Wildman–Crippen LogP) is 1.97. The van der Waals surface area contributed by atoms with Gasteiger partial charge in [-0.25, -0.2) is 4.98 Å². The predicted molar refractivity (Wildman–Crippen MR) is 78.2 cm³/mol. The number of piperazine rings is 1. The Morgan fingerprint density at radius 3 is 2.65 bits per heavy atom. The summed E-state index contributed by atoms with van der Waals surface area (Å²) in [6.07, 6.45) is 2.49. The molecule has 110 valence electrons. The molecule has 1 aliphatic rings. The number of hydrogen-bond donors (Lipinski definition) is 1. The van der Waals surface area contributed by atoms with Crippen LogP contribution in [0.2, 0.25) is 0 Å². The third kappa shape index (κ3) is 2.57. The van der Waals surface area contributed by atoms with Gasteiger partial charge < -0.3 is 10.2 Å². The van der Waals surface area contributed by atoms with Crippen molar-refractivity contribution in [3.05, 3.63) is 16.6 Å². The summed E-state index contributed by atoms with van der Waals surface area (Å²) in [6, 6.07) is -1.01. The van der Waals surface area contributed by atoms with Crippen LogP contribution in [-0.4, -0.2) is 33.8 Å². The molecule has 0 radical (unpaired) electrons. The van der Waals surface area contributed by atoms with Gasteiger partial charge in [0.25, 0.3) is 0 Å². The molecule has 1 fully saturated rings. The highest BCUT2D eigenvalue weighted by Gasteiger charge is 2.43. The van der Waals surface area contributed by atoms with Gasteiger partial charge in [-0.1, -0.05) is 20.8 Å². The monoisotopic (exact) mass is 295 g/mol. The van der Waals surface area contributed by atoms with Gasteiger partial charge >= 0.3 is 0 Å². The second kappa shape index (κ2) is 5.91. The summed E-state index contributed by atoms with van der Waals surface area (Å²) in [5.41, 5.74) is 0. The average Bonchev–Trinajstić information content (AvgIpc) is 2.92. The van der Waals surface area contributed by atoms with Crippen molar-refractivity contribution < 1.29 is 9.59 Å². The zero-order valence-electron chi connectivity index (χ0n) is 12.3. The summed E-state index contributed by atoms with van der Waals surface area (Å²) in [5.74, 6) is -0.0114. The Morgan fingerprint density at radius 1 is 1.45 bits per heavy atom. The fourth-order valence-electron chi connectivity index (χ4n) is 2.58. The van der Waals surface area contributed by atoms with E-state index in [1.807, 2.05) is 26.2 Å². The smallest absolute Gasteiger partial charge is 0.246 e. The molecule has 2 heterocycles. The fourth-order valence-corrected chi connectivity index (χ4v) is 3.40. The Kier molecular flexibility index (Phi) is 4.42. The normalized spacial score (nSPS) is 24.9. The van der Waals surface area contributed by atoms with Gasteiger partial charge in [-0.15, -0.1) is 11.3 Å². The highest BCUT2D eigenvalue weighted by molar-refractivity contribution is 7.09. The number of thiazole rings is 1. The molecule has 2 rings (SSSR count). The highest BCUT2D eigenvalue weighted by atomic mass is 32.1. The van der Waals surface area contributed by atoms with Gasteiger partial charge in [0.1, 0.15) is 17.1 Å². The summed E-state index contributed by atoms with van der Waals surface area (Å²) >= 11 is 1.53. The molecule has 1 N–H and O–H groups in total. The van der Waals surface area contributed by atoms with E-state index in [1.165, 1.54) is 11.3 Å². The Balaban J connectivity index is 2.35. The van der Waals surface area contributed by atoms with Crippen molar-refractivity contribution in [3.63, 3.8) is 0 Å². The van der Waals surface area contributed by atoms with Gasteiger partial charge in [-0.3, -0.25) is 9.59 Å². The summed E-state index contributed by atoms with van der Waals surface area (Å²) in [6.45, 7) is 7.69. The quantitative estimate of drug-likeness (QED) is 0.923. The van der Waals surface area contributed by atoms with E-state index >= 15 is 0 Å². The van der Waals surface area contributed by atoms with Crippen LogP contribution in [0.1, 0.15) is 45.2 Å². The van der Waals surface area contributed by atoms with E-state index in [-0.39, 0.29) is 23.8 Å². The molecular formula is C14H21N3O2S. The van der Waals surface area contributed by atoms with Crippen molar-refractivity contribution >= 4 is 23.2 Å². The van der Waals surface area contributed by atoms with E-state index in [1.54, 1.807) is 18.0 Å². The Hall–Kier alpha value is -1.43. The van der Waals surface area contributed by atoms with Crippen LogP contribution in [0.15, 0.2) is 11.6 Å². The van der Waals surface area contributed by atoms with Crippen LogP contribution in [0.5, 0.6) is 0 Å². The number of nitrogens with one attached hydrogen (secondary N) is 1. The molecule has 1 aromatic rings. The van der Waals surface area contributed by atoms with Crippen molar-refractivity contribution in [2.24, 2.45) is 5.92 Å². The molecule has 0 saturated carbocycles. The Bertz CT molecular complexity index is 487. The highest BCUT2D eigenvalue weighted by Crippen LogP contribution is 2.31. The molecule has 0 spiro atoms. The molecule has 0 bridgehead atoms. The van der Waals surface area contributed by atoms with Crippen LogP contribution >= 0.6 is 11.3 Å². The first-order chi connectivity index (χ1) is 9.47. The molecule has 20 heavy (non-hydrogen) atoms. The first-order valence-electron chi connectivity index (χ1n) is 6.99. The Morgan fingerprint density at radius 2 is 2.15 bits per heavy atom. The van der Waals surface area contributed by atoms with Crippen LogP contribution in [0.4, 0.5) is 0 Å². The molecule has 2 amide bonds. The molecule has 3 atom stereocenters. The number of carbonyl (C=O) groups excluding carboxylic acids is 2. The lowest BCUT2D eigenvalue weighted by Gasteiger charge is -2.42. The van der Waals surface area contributed by atoms with Gasteiger partial charge in [0, 0.05) is 11.6 Å². The zero-order valence-corrected chi connectivity index (χ0v) is 13.1. The Labute approximate surface area is 123 Å². The van der Waals surface area contributed by atoms with E-state index in [0.29, 0.717) is 0 Å². The topological polar surface area (TPSA) is 62.3 Å². The molecule has 0 aliphatic carbocycles. The van der Waals surface area contributed by atoms with Crippen molar-refractivity contribution in [2.45, 2.75) is 52.2 Å². The lowest BCUT2D eigenvalue weighted by atomic mass is 9.96. The molecule has 1 saturated heterocycles. The second-order valence-electron chi connectivity index (χ2n) is 5.45. The third-order valence-corrected chi connectivity index (χ3v) is 4.62. The van der Waals surface area contributed by atoms with E-state index in [4.69, 9.17) is 0 Å². The minimum absolute atomic E-state index is 0.00542. The van der Waals surface area contributed by atoms with Crippen LogP contribution in [0.3, 0.4) is 0 Å². The molecular weight excluding hydrogens is 274 g/mol. The number of aromatic nitrogens is 1. The summed E-state index contributed by atoms with van der Waals surface area (Å²) in [7, 11) is 0. The number of rotatable bonds is 4. The summed E-state index contributed by atoms with van der Waals surface area (Å²) < 4.78 is 0. The van der Waals surface area contributed by atoms with Crippen LogP contribution < -0.4 is 5.32 Å². The maximum absolute atomic E-state index is 12.7. The first-order valence-corrected chi connectivity index (χ1v) is 7.87. The lowest BCUT2D eigenvalue weighted by molar-refractivity contribution is -0.153. The molecule has 6 heteroatoms. The third-order valence-electron chi connectivity index (χ3n) is 3.74. The lowest BCUT2D eigenvalue weighted by Crippen LogP contribution is -2.64. The van der Waals surface area contributed by atoms with Crippen LogP contribution in [0.25, 0.3) is 0 Å². The zero-order chi connectivity index (χ0) is 14.9.